The molecule has 0 aliphatic rings. The Morgan fingerprint density at radius 3 is 2.82 bits per heavy atom. The Hall–Kier alpha value is -1.24. The quantitative estimate of drug-likeness (QED) is 0.638. The first-order valence-corrected chi connectivity index (χ1v) is 3.63. The van der Waals surface area contributed by atoms with E-state index < -0.39 is 0 Å². The van der Waals surface area contributed by atoms with Gasteiger partial charge >= 0.3 is 0 Å². The number of aryl methyl sites for hydroxylation is 1. The van der Waals surface area contributed by atoms with Crippen molar-refractivity contribution in [3.05, 3.63) is 42.0 Å². The van der Waals surface area contributed by atoms with Crippen molar-refractivity contribution in [1.29, 1.82) is 0 Å². The highest BCUT2D eigenvalue weighted by molar-refractivity contribution is 5.36. The Morgan fingerprint density at radius 2 is 2.27 bits per heavy atom. The summed E-state index contributed by atoms with van der Waals surface area (Å²) in [6.07, 6.45) is 2.51. The molecule has 0 unspecified atom stereocenters. The number of hydrogen-bond donors (Lipinski definition) is 1. The lowest BCUT2D eigenvalue weighted by Crippen LogP contribution is -1.82. The third-order valence-electron chi connectivity index (χ3n) is 1.61. The zero-order valence-electron chi connectivity index (χ0n) is 6.67. The number of phenols is 1. The molecule has 0 fully saturated rings. The lowest BCUT2D eigenvalue weighted by atomic mass is 10.1. The maximum absolute atomic E-state index is 9.37. The van der Waals surface area contributed by atoms with Crippen molar-refractivity contribution in [2.45, 2.75) is 13.3 Å². The molecule has 1 nitrogen and oxygen atoms in total. The van der Waals surface area contributed by atoms with E-state index in [2.05, 4.69) is 6.58 Å². The van der Waals surface area contributed by atoms with E-state index in [9.17, 15) is 5.11 Å². The predicted octanol–water partition coefficient (Wildman–Crippen LogP) is 2.43. The molecule has 0 aliphatic heterocycles. The van der Waals surface area contributed by atoms with Gasteiger partial charge in [0.15, 0.2) is 0 Å². The summed E-state index contributed by atoms with van der Waals surface area (Å²) < 4.78 is 0. The zero-order chi connectivity index (χ0) is 8.27. The number of aromatic hydroxyl groups is 1. The van der Waals surface area contributed by atoms with Gasteiger partial charge in [0, 0.05) is 0 Å². The summed E-state index contributed by atoms with van der Waals surface area (Å²) in [4.78, 5) is 0. The van der Waals surface area contributed by atoms with Gasteiger partial charge in [-0.05, 0) is 30.5 Å². The van der Waals surface area contributed by atoms with Crippen LogP contribution in [-0.4, -0.2) is 5.11 Å². The van der Waals surface area contributed by atoms with Gasteiger partial charge in [-0.3, -0.25) is 0 Å². The second-order valence-corrected chi connectivity index (χ2v) is 2.62. The highest BCUT2D eigenvalue weighted by Crippen LogP contribution is 2.18. The van der Waals surface area contributed by atoms with Gasteiger partial charge < -0.3 is 5.11 Å². The van der Waals surface area contributed by atoms with Crippen LogP contribution >= 0.6 is 0 Å². The Balaban J connectivity index is 2.98. The minimum absolute atomic E-state index is 0.366. The van der Waals surface area contributed by atoms with Gasteiger partial charge in [0.25, 0.3) is 0 Å². The van der Waals surface area contributed by atoms with Crippen molar-refractivity contribution in [3.8, 4) is 5.75 Å². The van der Waals surface area contributed by atoms with E-state index in [1.807, 2.05) is 19.1 Å². The van der Waals surface area contributed by atoms with Crippen molar-refractivity contribution in [2.24, 2.45) is 0 Å². The fraction of sp³-hybridized carbons (Fsp3) is 0.200. The highest BCUT2D eigenvalue weighted by atomic mass is 16.3. The number of rotatable bonds is 2. The third-order valence-corrected chi connectivity index (χ3v) is 1.61. The molecular weight excluding hydrogens is 136 g/mol. The van der Waals surface area contributed by atoms with Gasteiger partial charge in [-0.15, -0.1) is 6.58 Å². The Labute approximate surface area is 67.0 Å². The fourth-order valence-corrected chi connectivity index (χ4v) is 1.00. The van der Waals surface area contributed by atoms with Crippen LogP contribution in [0.3, 0.4) is 0 Å². The summed E-state index contributed by atoms with van der Waals surface area (Å²) in [5.74, 6) is 0.366. The maximum Gasteiger partial charge on any atom is 0.119 e. The minimum Gasteiger partial charge on any atom is -0.508 e. The lowest BCUT2D eigenvalue weighted by molar-refractivity contribution is 0.469. The van der Waals surface area contributed by atoms with E-state index in [0.29, 0.717) is 5.75 Å². The molecule has 0 spiro atoms. The maximum atomic E-state index is 9.37. The molecule has 0 saturated carbocycles. The minimum atomic E-state index is 0.366. The lowest BCUT2D eigenvalue weighted by Gasteiger charge is -2.01. The van der Waals surface area contributed by atoms with Gasteiger partial charge in [-0.1, -0.05) is 18.2 Å². The number of benzene rings is 1. The fourth-order valence-electron chi connectivity index (χ4n) is 1.00. The molecule has 0 aliphatic carbocycles. The topological polar surface area (TPSA) is 20.2 Å². The first kappa shape index (κ1) is 7.86. The normalized spacial score (nSPS) is 9.55. The van der Waals surface area contributed by atoms with Crippen LogP contribution in [0.4, 0.5) is 0 Å². The molecule has 0 amide bonds. The molecular formula is C10H12O. The summed E-state index contributed by atoms with van der Waals surface area (Å²) in [6.45, 7) is 5.56. The molecule has 1 aromatic carbocycles. The monoisotopic (exact) mass is 148 g/mol. The predicted molar refractivity (Wildman–Crippen MR) is 46.7 cm³/mol. The van der Waals surface area contributed by atoms with Gasteiger partial charge in [0.05, 0.1) is 0 Å². The average molecular weight is 148 g/mol. The second kappa shape index (κ2) is 3.24. The zero-order valence-corrected chi connectivity index (χ0v) is 6.67. The Bertz CT molecular complexity index is 264. The van der Waals surface area contributed by atoms with Gasteiger partial charge in [0.1, 0.15) is 5.75 Å². The van der Waals surface area contributed by atoms with Crippen LogP contribution in [0.25, 0.3) is 0 Å². The number of phenolic OH excluding ortho intramolecular Hbond substituents is 1. The molecule has 1 heteroatoms. The summed E-state index contributed by atoms with van der Waals surface area (Å²) in [6, 6.07) is 5.67. The molecule has 0 saturated heterocycles. The largest absolute Gasteiger partial charge is 0.508 e. The second-order valence-electron chi connectivity index (χ2n) is 2.62. The SMILES string of the molecule is C=CCc1ccc(C)cc1O. The van der Waals surface area contributed by atoms with Gasteiger partial charge in [0.2, 0.25) is 0 Å². The molecule has 0 radical (unpaired) electrons. The van der Waals surface area contributed by atoms with Crippen molar-refractivity contribution in [2.75, 3.05) is 0 Å². The van der Waals surface area contributed by atoms with E-state index in [0.717, 1.165) is 17.5 Å². The molecule has 1 rings (SSSR count). The van der Waals surface area contributed by atoms with Crippen molar-refractivity contribution < 1.29 is 5.11 Å². The molecule has 58 valence electrons. The van der Waals surface area contributed by atoms with Crippen LogP contribution in [0.5, 0.6) is 5.75 Å². The van der Waals surface area contributed by atoms with E-state index in [-0.39, 0.29) is 0 Å². The Morgan fingerprint density at radius 1 is 1.55 bits per heavy atom. The van der Waals surface area contributed by atoms with Crippen LogP contribution in [-0.2, 0) is 6.42 Å². The van der Waals surface area contributed by atoms with Crippen LogP contribution < -0.4 is 0 Å². The molecule has 11 heavy (non-hydrogen) atoms. The van der Waals surface area contributed by atoms with Gasteiger partial charge in [-0.2, -0.15) is 0 Å². The van der Waals surface area contributed by atoms with E-state index in [1.54, 1.807) is 12.1 Å². The summed E-state index contributed by atoms with van der Waals surface area (Å²) in [5.41, 5.74) is 2.01. The highest BCUT2D eigenvalue weighted by Gasteiger charge is 1.97. The van der Waals surface area contributed by atoms with Crippen molar-refractivity contribution >= 4 is 0 Å². The Kier molecular flexibility index (Phi) is 2.32. The summed E-state index contributed by atoms with van der Waals surface area (Å²) >= 11 is 0. The summed E-state index contributed by atoms with van der Waals surface area (Å²) in [7, 11) is 0. The molecule has 0 atom stereocenters. The van der Waals surface area contributed by atoms with Crippen molar-refractivity contribution in [1.82, 2.24) is 0 Å². The molecule has 0 bridgehead atoms. The average Bonchev–Trinajstić information content (AvgIpc) is 1.95. The molecule has 0 heterocycles. The molecule has 0 aromatic heterocycles. The first-order chi connectivity index (χ1) is 5.24. The number of allylic oxidation sites excluding steroid dienone is 1. The van der Waals surface area contributed by atoms with Crippen LogP contribution in [0.1, 0.15) is 11.1 Å². The van der Waals surface area contributed by atoms with Crippen LogP contribution in [0, 0.1) is 6.92 Å². The van der Waals surface area contributed by atoms with Crippen LogP contribution in [0.2, 0.25) is 0 Å². The smallest absolute Gasteiger partial charge is 0.119 e. The van der Waals surface area contributed by atoms with E-state index in [1.165, 1.54) is 0 Å². The number of hydrogen-bond acceptors (Lipinski definition) is 1. The molecule has 1 aromatic rings. The third kappa shape index (κ3) is 1.84. The first-order valence-electron chi connectivity index (χ1n) is 3.63. The van der Waals surface area contributed by atoms with E-state index in [4.69, 9.17) is 0 Å². The van der Waals surface area contributed by atoms with E-state index >= 15 is 0 Å². The molecule has 1 N–H and O–H groups in total. The standard InChI is InChI=1S/C10H12O/c1-3-4-9-6-5-8(2)7-10(9)11/h3,5-7,11H,1,4H2,2H3. The van der Waals surface area contributed by atoms with Crippen molar-refractivity contribution in [3.63, 3.8) is 0 Å². The van der Waals surface area contributed by atoms with Crippen LogP contribution in [0.15, 0.2) is 30.9 Å². The van der Waals surface area contributed by atoms with Gasteiger partial charge in [-0.25, -0.2) is 0 Å². The summed E-state index contributed by atoms with van der Waals surface area (Å²) in [5, 5.41) is 9.37.